The van der Waals surface area contributed by atoms with Gasteiger partial charge in [-0.2, -0.15) is 0 Å². The molecular formula is C13H11Cl3OS. The summed E-state index contributed by atoms with van der Waals surface area (Å²) in [6.45, 7) is 0. The third kappa shape index (κ3) is 3.62. The Morgan fingerprint density at radius 2 is 1.67 bits per heavy atom. The Morgan fingerprint density at radius 1 is 1.00 bits per heavy atom. The summed E-state index contributed by atoms with van der Waals surface area (Å²) >= 11 is 19.5. The summed E-state index contributed by atoms with van der Waals surface area (Å²) in [7, 11) is 0. The highest BCUT2D eigenvalue weighted by Crippen LogP contribution is 2.27. The van der Waals surface area contributed by atoms with E-state index in [2.05, 4.69) is 0 Å². The number of hydrogen-bond acceptors (Lipinski definition) is 2. The van der Waals surface area contributed by atoms with Crippen molar-refractivity contribution in [1.82, 2.24) is 0 Å². The topological polar surface area (TPSA) is 20.2 Å². The van der Waals surface area contributed by atoms with Crippen molar-refractivity contribution in [2.75, 3.05) is 0 Å². The molecule has 2 aromatic rings. The SMILES string of the molecule is OC(Cc1ccc(Cl)s1)Cc1c(Cl)cccc1Cl. The van der Waals surface area contributed by atoms with Crippen molar-refractivity contribution in [3.05, 3.63) is 55.2 Å². The van der Waals surface area contributed by atoms with Crippen LogP contribution in [0.4, 0.5) is 0 Å². The second-order valence-electron chi connectivity index (χ2n) is 3.97. The lowest BCUT2D eigenvalue weighted by molar-refractivity contribution is 0.176. The largest absolute Gasteiger partial charge is 0.392 e. The third-order valence-corrected chi connectivity index (χ3v) is 4.53. The number of rotatable bonds is 4. The number of hydrogen-bond donors (Lipinski definition) is 1. The normalized spacial score (nSPS) is 12.7. The molecule has 1 N–H and O–H groups in total. The summed E-state index contributed by atoms with van der Waals surface area (Å²) in [5, 5.41) is 11.2. The first-order valence-electron chi connectivity index (χ1n) is 5.41. The number of halogens is 3. The maximum atomic E-state index is 10.1. The van der Waals surface area contributed by atoms with Gasteiger partial charge in [0.05, 0.1) is 10.4 Å². The highest BCUT2D eigenvalue weighted by atomic mass is 35.5. The molecule has 2 rings (SSSR count). The number of benzene rings is 1. The van der Waals surface area contributed by atoms with Crippen LogP contribution in [-0.4, -0.2) is 11.2 Å². The average Bonchev–Trinajstić information content (AvgIpc) is 2.69. The van der Waals surface area contributed by atoms with Crippen LogP contribution in [-0.2, 0) is 12.8 Å². The molecular weight excluding hydrogens is 311 g/mol. The fraction of sp³-hybridized carbons (Fsp3) is 0.231. The van der Waals surface area contributed by atoms with Crippen molar-refractivity contribution in [1.29, 1.82) is 0 Å². The van der Waals surface area contributed by atoms with Gasteiger partial charge < -0.3 is 5.11 Å². The molecule has 0 aliphatic carbocycles. The van der Waals surface area contributed by atoms with Gasteiger partial charge in [-0.3, -0.25) is 0 Å². The molecule has 0 fully saturated rings. The molecule has 0 spiro atoms. The van der Waals surface area contributed by atoms with E-state index in [1.807, 2.05) is 12.1 Å². The van der Waals surface area contributed by atoms with Gasteiger partial charge >= 0.3 is 0 Å². The van der Waals surface area contributed by atoms with Gasteiger partial charge in [0.1, 0.15) is 0 Å². The van der Waals surface area contributed by atoms with Gasteiger partial charge in [-0.25, -0.2) is 0 Å². The van der Waals surface area contributed by atoms with Gasteiger partial charge in [-0.05, 0) is 29.8 Å². The zero-order valence-corrected chi connectivity index (χ0v) is 12.5. The van der Waals surface area contributed by atoms with E-state index < -0.39 is 6.10 Å². The molecule has 0 bridgehead atoms. The highest BCUT2D eigenvalue weighted by Gasteiger charge is 2.13. The van der Waals surface area contributed by atoms with E-state index in [1.165, 1.54) is 11.3 Å². The van der Waals surface area contributed by atoms with Crippen LogP contribution in [0.1, 0.15) is 10.4 Å². The Hall–Kier alpha value is -0.250. The lowest BCUT2D eigenvalue weighted by atomic mass is 10.0. The fourth-order valence-electron chi connectivity index (χ4n) is 1.73. The van der Waals surface area contributed by atoms with E-state index in [4.69, 9.17) is 34.8 Å². The third-order valence-electron chi connectivity index (χ3n) is 2.57. The molecule has 0 saturated heterocycles. The summed E-state index contributed by atoms with van der Waals surface area (Å²) in [6, 6.07) is 9.09. The molecule has 96 valence electrons. The fourth-order valence-corrected chi connectivity index (χ4v) is 3.44. The van der Waals surface area contributed by atoms with Crippen LogP contribution >= 0.6 is 46.1 Å². The average molecular weight is 322 g/mol. The molecule has 0 aliphatic rings. The van der Waals surface area contributed by atoms with Gasteiger partial charge in [0.25, 0.3) is 0 Å². The van der Waals surface area contributed by atoms with Crippen LogP contribution in [0.5, 0.6) is 0 Å². The molecule has 5 heteroatoms. The Balaban J connectivity index is 2.05. The molecule has 1 aromatic heterocycles. The summed E-state index contributed by atoms with van der Waals surface area (Å²) in [4.78, 5) is 1.05. The van der Waals surface area contributed by atoms with E-state index >= 15 is 0 Å². The number of aliphatic hydroxyl groups is 1. The summed E-state index contributed by atoms with van der Waals surface area (Å²) in [5.41, 5.74) is 0.788. The molecule has 0 saturated carbocycles. The van der Waals surface area contributed by atoms with Crippen molar-refractivity contribution >= 4 is 46.1 Å². The molecule has 1 atom stereocenters. The maximum Gasteiger partial charge on any atom is 0.0931 e. The minimum atomic E-state index is -0.517. The van der Waals surface area contributed by atoms with Crippen molar-refractivity contribution in [2.45, 2.75) is 18.9 Å². The van der Waals surface area contributed by atoms with Gasteiger partial charge in [0, 0.05) is 27.8 Å². The maximum absolute atomic E-state index is 10.1. The van der Waals surface area contributed by atoms with Crippen LogP contribution in [0.3, 0.4) is 0 Å². The minimum absolute atomic E-state index is 0.439. The lowest BCUT2D eigenvalue weighted by Crippen LogP contribution is -2.13. The molecule has 18 heavy (non-hydrogen) atoms. The van der Waals surface area contributed by atoms with Gasteiger partial charge in [0.2, 0.25) is 0 Å². The van der Waals surface area contributed by atoms with Gasteiger partial charge in [0.15, 0.2) is 0 Å². The minimum Gasteiger partial charge on any atom is -0.392 e. The summed E-state index contributed by atoms with van der Waals surface area (Å²) in [6.07, 6.45) is 0.476. The van der Waals surface area contributed by atoms with Gasteiger partial charge in [-0.15, -0.1) is 11.3 Å². The Morgan fingerprint density at radius 3 is 2.22 bits per heavy atom. The molecule has 0 amide bonds. The van der Waals surface area contributed by atoms with E-state index in [-0.39, 0.29) is 0 Å². The van der Waals surface area contributed by atoms with Crippen molar-refractivity contribution < 1.29 is 5.11 Å². The van der Waals surface area contributed by atoms with Crippen LogP contribution in [0, 0.1) is 0 Å². The van der Waals surface area contributed by atoms with Crippen molar-refractivity contribution in [2.24, 2.45) is 0 Å². The van der Waals surface area contributed by atoms with Crippen LogP contribution in [0.25, 0.3) is 0 Å². The van der Waals surface area contributed by atoms with E-state index in [1.54, 1.807) is 18.2 Å². The van der Waals surface area contributed by atoms with Crippen LogP contribution < -0.4 is 0 Å². The van der Waals surface area contributed by atoms with E-state index in [0.29, 0.717) is 22.9 Å². The standard InChI is InChI=1S/C13H11Cl3OS/c14-11-2-1-3-12(15)10(11)7-8(17)6-9-4-5-13(16)18-9/h1-5,8,17H,6-7H2. The second kappa shape index (κ2) is 6.27. The molecule has 1 unspecified atom stereocenters. The predicted molar refractivity (Wildman–Crippen MR) is 79.2 cm³/mol. The Kier molecular flexibility index (Phi) is 4.93. The zero-order valence-electron chi connectivity index (χ0n) is 9.37. The van der Waals surface area contributed by atoms with Crippen molar-refractivity contribution in [3.63, 3.8) is 0 Å². The molecule has 1 nitrogen and oxygen atoms in total. The first kappa shape index (κ1) is 14.2. The first-order chi connectivity index (χ1) is 8.56. The quantitative estimate of drug-likeness (QED) is 0.853. The van der Waals surface area contributed by atoms with E-state index in [9.17, 15) is 5.11 Å². The highest BCUT2D eigenvalue weighted by molar-refractivity contribution is 7.16. The summed E-state index contributed by atoms with van der Waals surface area (Å²) < 4.78 is 0.730. The van der Waals surface area contributed by atoms with Gasteiger partial charge in [-0.1, -0.05) is 40.9 Å². The summed E-state index contributed by atoms with van der Waals surface area (Å²) in [5.74, 6) is 0. The van der Waals surface area contributed by atoms with Crippen LogP contribution in [0.15, 0.2) is 30.3 Å². The number of thiophene rings is 1. The van der Waals surface area contributed by atoms with Crippen LogP contribution in [0.2, 0.25) is 14.4 Å². The van der Waals surface area contributed by atoms with E-state index in [0.717, 1.165) is 14.8 Å². The smallest absolute Gasteiger partial charge is 0.0931 e. The lowest BCUT2D eigenvalue weighted by Gasteiger charge is -2.12. The van der Waals surface area contributed by atoms with Crippen molar-refractivity contribution in [3.8, 4) is 0 Å². The monoisotopic (exact) mass is 320 g/mol. The zero-order chi connectivity index (χ0) is 13.1. The second-order valence-corrected chi connectivity index (χ2v) is 6.58. The molecule has 1 heterocycles. The first-order valence-corrected chi connectivity index (χ1v) is 7.36. The predicted octanol–water partition coefficient (Wildman–Crippen LogP) is 4.85. The Bertz CT molecular complexity index is 519. The molecule has 1 aromatic carbocycles. The molecule has 0 aliphatic heterocycles. The Labute approximate surface area is 125 Å². The number of aliphatic hydroxyl groups excluding tert-OH is 1. The molecule has 0 radical (unpaired) electrons.